The summed E-state index contributed by atoms with van der Waals surface area (Å²) >= 11 is 0. The quantitative estimate of drug-likeness (QED) is 0.607. The normalized spacial score (nSPS) is 28.5. The van der Waals surface area contributed by atoms with Crippen molar-refractivity contribution in [3.8, 4) is 0 Å². The summed E-state index contributed by atoms with van der Waals surface area (Å²) in [6, 6.07) is 0. The summed E-state index contributed by atoms with van der Waals surface area (Å²) in [6.45, 7) is 5.04. The molecule has 1 heterocycles. The SMILES string of the molecule is CN1CC[N+](C)(C2=C3CC=CC=C3C2)CC1. The van der Waals surface area contributed by atoms with Gasteiger partial charge in [-0.1, -0.05) is 18.2 Å². The van der Waals surface area contributed by atoms with Gasteiger partial charge >= 0.3 is 0 Å². The van der Waals surface area contributed by atoms with Crippen LogP contribution in [0.3, 0.4) is 0 Å². The molecular formula is C14H21N2+. The Morgan fingerprint density at radius 1 is 1.25 bits per heavy atom. The highest BCUT2D eigenvalue weighted by atomic mass is 15.4. The zero-order valence-electron chi connectivity index (χ0n) is 10.4. The zero-order chi connectivity index (χ0) is 11.2. The molecule has 0 amide bonds. The van der Waals surface area contributed by atoms with Gasteiger partial charge in [0.2, 0.25) is 0 Å². The number of fused-ring (bicyclic) bond motifs is 1. The van der Waals surface area contributed by atoms with Crippen LogP contribution in [0.5, 0.6) is 0 Å². The van der Waals surface area contributed by atoms with Crippen molar-refractivity contribution in [1.82, 2.24) is 4.90 Å². The summed E-state index contributed by atoms with van der Waals surface area (Å²) in [6.07, 6.45) is 9.20. The molecule has 0 saturated carbocycles. The Balaban J connectivity index is 1.84. The van der Waals surface area contributed by atoms with Gasteiger partial charge in [-0.15, -0.1) is 0 Å². The maximum atomic E-state index is 2.45. The number of piperazine rings is 1. The lowest BCUT2D eigenvalue weighted by molar-refractivity contribution is -0.879. The van der Waals surface area contributed by atoms with Crippen molar-refractivity contribution in [2.24, 2.45) is 0 Å². The molecule has 0 unspecified atom stereocenters. The molecule has 0 atom stereocenters. The van der Waals surface area contributed by atoms with Crippen LogP contribution >= 0.6 is 0 Å². The summed E-state index contributed by atoms with van der Waals surface area (Å²) in [7, 11) is 4.65. The van der Waals surface area contributed by atoms with E-state index in [1.807, 2.05) is 0 Å². The largest absolute Gasteiger partial charge is 0.295 e. The first-order chi connectivity index (χ1) is 7.69. The van der Waals surface area contributed by atoms with Crippen LogP contribution in [0, 0.1) is 0 Å². The molecule has 16 heavy (non-hydrogen) atoms. The minimum atomic E-state index is 1.17. The highest BCUT2D eigenvalue weighted by Gasteiger charge is 2.40. The molecular weight excluding hydrogens is 196 g/mol. The molecule has 0 spiro atoms. The van der Waals surface area contributed by atoms with Crippen LogP contribution in [0.4, 0.5) is 0 Å². The molecule has 3 rings (SSSR count). The van der Waals surface area contributed by atoms with Gasteiger partial charge in [0.05, 0.1) is 20.1 Å². The van der Waals surface area contributed by atoms with Crippen LogP contribution in [0.25, 0.3) is 0 Å². The van der Waals surface area contributed by atoms with Crippen LogP contribution < -0.4 is 0 Å². The molecule has 0 radical (unpaired) electrons. The highest BCUT2D eigenvalue weighted by molar-refractivity contribution is 5.50. The van der Waals surface area contributed by atoms with E-state index in [0.29, 0.717) is 0 Å². The smallest absolute Gasteiger partial charge is 0.117 e. The van der Waals surface area contributed by atoms with Crippen LogP contribution in [-0.4, -0.2) is 49.7 Å². The fourth-order valence-corrected chi connectivity index (χ4v) is 3.04. The molecule has 3 aliphatic rings. The average Bonchev–Trinajstić information content (AvgIpc) is 2.25. The lowest BCUT2D eigenvalue weighted by Gasteiger charge is -2.46. The number of allylic oxidation sites excluding steroid dienone is 5. The lowest BCUT2D eigenvalue weighted by Crippen LogP contribution is -2.57. The second-order valence-electron chi connectivity index (χ2n) is 5.57. The second kappa shape index (κ2) is 3.57. The van der Waals surface area contributed by atoms with Crippen molar-refractivity contribution in [2.45, 2.75) is 12.8 Å². The molecule has 0 aromatic rings. The van der Waals surface area contributed by atoms with E-state index in [4.69, 9.17) is 0 Å². The minimum Gasteiger partial charge on any atom is -0.295 e. The van der Waals surface area contributed by atoms with Crippen molar-refractivity contribution in [3.05, 3.63) is 35.1 Å². The molecule has 86 valence electrons. The van der Waals surface area contributed by atoms with Gasteiger partial charge in [-0.25, -0.2) is 0 Å². The van der Waals surface area contributed by atoms with Gasteiger partial charge in [0, 0.05) is 25.1 Å². The first kappa shape index (κ1) is 10.3. The lowest BCUT2D eigenvalue weighted by atomic mass is 9.80. The van der Waals surface area contributed by atoms with E-state index in [9.17, 15) is 0 Å². The van der Waals surface area contributed by atoms with Crippen molar-refractivity contribution in [2.75, 3.05) is 40.3 Å². The Kier molecular flexibility index (Phi) is 2.30. The molecule has 0 aromatic carbocycles. The van der Waals surface area contributed by atoms with Gasteiger partial charge in [-0.2, -0.15) is 0 Å². The molecule has 1 saturated heterocycles. The number of quaternary nitrogens is 1. The summed E-state index contributed by atoms with van der Waals surface area (Å²) in [5, 5.41) is 0. The van der Waals surface area contributed by atoms with Crippen LogP contribution in [0.2, 0.25) is 0 Å². The molecule has 1 fully saturated rings. The number of likely N-dealkylation sites (N-methyl/N-ethyl adjacent to an activating group) is 2. The fourth-order valence-electron chi connectivity index (χ4n) is 3.04. The van der Waals surface area contributed by atoms with Crippen LogP contribution in [0.15, 0.2) is 35.1 Å². The Bertz CT molecular complexity index is 393. The summed E-state index contributed by atoms with van der Waals surface area (Å²) in [5.74, 6) is 0. The van der Waals surface area contributed by atoms with Crippen LogP contribution in [-0.2, 0) is 0 Å². The van der Waals surface area contributed by atoms with Crippen molar-refractivity contribution in [3.63, 3.8) is 0 Å². The van der Waals surface area contributed by atoms with Crippen LogP contribution in [0.1, 0.15) is 12.8 Å². The second-order valence-corrected chi connectivity index (χ2v) is 5.57. The van der Waals surface area contributed by atoms with E-state index in [2.05, 4.69) is 37.2 Å². The predicted molar refractivity (Wildman–Crippen MR) is 66.9 cm³/mol. The third-order valence-electron chi connectivity index (χ3n) is 4.45. The van der Waals surface area contributed by atoms with Gasteiger partial charge in [-0.05, 0) is 19.0 Å². The molecule has 1 aliphatic heterocycles. The molecule has 2 aliphatic carbocycles. The van der Waals surface area contributed by atoms with Gasteiger partial charge in [0.1, 0.15) is 5.70 Å². The Hall–Kier alpha value is -0.860. The molecule has 2 nitrogen and oxygen atoms in total. The van der Waals surface area contributed by atoms with E-state index < -0.39 is 0 Å². The topological polar surface area (TPSA) is 3.24 Å². The first-order valence-corrected chi connectivity index (χ1v) is 6.31. The molecule has 2 heteroatoms. The van der Waals surface area contributed by atoms with E-state index in [1.54, 1.807) is 16.8 Å². The Morgan fingerprint density at radius 2 is 2.00 bits per heavy atom. The highest BCUT2D eigenvalue weighted by Crippen LogP contribution is 2.43. The summed E-state index contributed by atoms with van der Waals surface area (Å²) < 4.78 is 1.20. The number of hydrogen-bond acceptors (Lipinski definition) is 1. The van der Waals surface area contributed by atoms with Crippen molar-refractivity contribution >= 4 is 0 Å². The van der Waals surface area contributed by atoms with Gasteiger partial charge in [0.15, 0.2) is 0 Å². The first-order valence-electron chi connectivity index (χ1n) is 6.31. The maximum Gasteiger partial charge on any atom is 0.117 e. The maximum absolute atomic E-state index is 2.45. The third-order valence-corrected chi connectivity index (χ3v) is 4.45. The van der Waals surface area contributed by atoms with E-state index in [1.165, 1.54) is 43.5 Å². The summed E-state index contributed by atoms with van der Waals surface area (Å²) in [4.78, 5) is 2.45. The molecule has 0 bridgehead atoms. The van der Waals surface area contributed by atoms with E-state index in [0.717, 1.165) is 0 Å². The number of nitrogens with zero attached hydrogens (tertiary/aromatic N) is 2. The standard InChI is InChI=1S/C14H21N2/c1-15-7-9-16(2,10-8-15)14-11-12-5-3-4-6-13(12)14/h3-5H,6-11H2,1-2H3/q+1. The predicted octanol–water partition coefficient (Wildman–Crippen LogP) is 1.92. The van der Waals surface area contributed by atoms with E-state index in [-0.39, 0.29) is 0 Å². The monoisotopic (exact) mass is 217 g/mol. The molecule has 0 N–H and O–H groups in total. The molecule has 0 aromatic heterocycles. The average molecular weight is 217 g/mol. The van der Waals surface area contributed by atoms with Gasteiger partial charge < -0.3 is 0 Å². The zero-order valence-corrected chi connectivity index (χ0v) is 10.4. The minimum absolute atomic E-state index is 1.17. The third kappa shape index (κ3) is 1.48. The Morgan fingerprint density at radius 3 is 2.69 bits per heavy atom. The summed E-state index contributed by atoms with van der Waals surface area (Å²) in [5.41, 5.74) is 4.95. The van der Waals surface area contributed by atoms with Gasteiger partial charge in [-0.3, -0.25) is 9.38 Å². The van der Waals surface area contributed by atoms with E-state index >= 15 is 0 Å². The van der Waals surface area contributed by atoms with Gasteiger partial charge in [0.25, 0.3) is 0 Å². The number of hydrogen-bond donors (Lipinski definition) is 0. The Labute approximate surface area is 98.1 Å². The number of rotatable bonds is 1. The fraction of sp³-hybridized carbons (Fsp3) is 0.571. The van der Waals surface area contributed by atoms with Crippen molar-refractivity contribution < 1.29 is 4.48 Å². The van der Waals surface area contributed by atoms with Crippen molar-refractivity contribution in [1.29, 1.82) is 0 Å².